The van der Waals surface area contributed by atoms with Crippen molar-refractivity contribution in [1.29, 1.82) is 0 Å². The van der Waals surface area contributed by atoms with Crippen molar-refractivity contribution in [2.45, 2.75) is 13.8 Å². The van der Waals surface area contributed by atoms with Crippen LogP contribution >= 0.6 is 15.9 Å². The van der Waals surface area contributed by atoms with E-state index in [1.54, 1.807) is 4.90 Å². The van der Waals surface area contributed by atoms with Gasteiger partial charge in [0.25, 0.3) is 5.91 Å². The van der Waals surface area contributed by atoms with Gasteiger partial charge in [0.1, 0.15) is 11.5 Å². The molecule has 0 N–H and O–H groups in total. The molecule has 3 nitrogen and oxygen atoms in total. The largest absolute Gasteiger partial charge is 0.282 e. The van der Waals surface area contributed by atoms with Crippen molar-refractivity contribution in [2.75, 3.05) is 4.90 Å². The lowest BCUT2D eigenvalue weighted by Gasteiger charge is -2.18. The molecule has 0 radical (unpaired) electrons. The first kappa shape index (κ1) is 18.4. The maximum absolute atomic E-state index is 13.2. The van der Waals surface area contributed by atoms with Gasteiger partial charge in [-0.1, -0.05) is 75.6 Å². The SMILES string of the molecule is Cc1ccc(/C=C2/N=C(c3ccc(C)cc3)N(c3ccc(Br)cc3)C2=O)cc1. The van der Waals surface area contributed by atoms with Crippen molar-refractivity contribution in [1.82, 2.24) is 0 Å². The molecule has 4 rings (SSSR count). The zero-order valence-electron chi connectivity index (χ0n) is 15.7. The maximum Gasteiger partial charge on any atom is 0.282 e. The third-order valence-electron chi connectivity index (χ3n) is 4.64. The fraction of sp³-hybridized carbons (Fsp3) is 0.0833. The normalized spacial score (nSPS) is 15.2. The van der Waals surface area contributed by atoms with Gasteiger partial charge in [-0.2, -0.15) is 0 Å². The minimum absolute atomic E-state index is 0.126. The fourth-order valence-electron chi connectivity index (χ4n) is 3.06. The Labute approximate surface area is 173 Å². The van der Waals surface area contributed by atoms with Gasteiger partial charge in [-0.3, -0.25) is 9.69 Å². The Kier molecular flexibility index (Phi) is 4.97. The van der Waals surface area contributed by atoms with E-state index in [4.69, 9.17) is 4.99 Å². The monoisotopic (exact) mass is 430 g/mol. The summed E-state index contributed by atoms with van der Waals surface area (Å²) in [4.78, 5) is 19.6. The average molecular weight is 431 g/mol. The summed E-state index contributed by atoms with van der Waals surface area (Å²) < 4.78 is 0.965. The lowest BCUT2D eigenvalue weighted by molar-refractivity contribution is -0.113. The Hall–Kier alpha value is -2.98. The minimum Gasteiger partial charge on any atom is -0.266 e. The highest BCUT2D eigenvalue weighted by Crippen LogP contribution is 2.29. The van der Waals surface area contributed by atoms with E-state index in [1.807, 2.05) is 92.7 Å². The van der Waals surface area contributed by atoms with Gasteiger partial charge < -0.3 is 0 Å². The van der Waals surface area contributed by atoms with Gasteiger partial charge in [0.15, 0.2) is 0 Å². The summed E-state index contributed by atoms with van der Waals surface area (Å²) in [5.74, 6) is 0.518. The molecule has 0 saturated carbocycles. The second-order valence-corrected chi connectivity index (χ2v) is 7.77. The number of amidine groups is 1. The topological polar surface area (TPSA) is 32.7 Å². The number of rotatable bonds is 3. The quantitative estimate of drug-likeness (QED) is 0.476. The first-order valence-electron chi connectivity index (χ1n) is 9.05. The number of hydrogen-bond donors (Lipinski definition) is 0. The van der Waals surface area contributed by atoms with E-state index in [0.29, 0.717) is 11.5 Å². The van der Waals surface area contributed by atoms with Gasteiger partial charge in [0.2, 0.25) is 0 Å². The van der Waals surface area contributed by atoms with Gasteiger partial charge in [-0.15, -0.1) is 0 Å². The highest BCUT2D eigenvalue weighted by atomic mass is 79.9. The summed E-state index contributed by atoms with van der Waals surface area (Å²) >= 11 is 3.45. The van der Waals surface area contributed by atoms with E-state index in [9.17, 15) is 4.79 Å². The van der Waals surface area contributed by atoms with Crippen LogP contribution in [0, 0.1) is 13.8 Å². The molecule has 3 aromatic rings. The Bertz CT molecular complexity index is 1080. The van der Waals surface area contributed by atoms with Gasteiger partial charge in [0.05, 0.1) is 5.69 Å². The maximum atomic E-state index is 13.2. The molecule has 4 heteroatoms. The summed E-state index contributed by atoms with van der Waals surface area (Å²) in [6.45, 7) is 4.08. The number of amides is 1. The lowest BCUT2D eigenvalue weighted by Crippen LogP contribution is -2.32. The third kappa shape index (κ3) is 3.69. The Morgan fingerprint density at radius 2 is 1.39 bits per heavy atom. The number of aliphatic imine (C=N–C) groups is 1. The molecule has 138 valence electrons. The van der Waals surface area contributed by atoms with Crippen molar-refractivity contribution in [3.05, 3.63) is 105 Å². The van der Waals surface area contributed by atoms with Gasteiger partial charge in [0, 0.05) is 10.0 Å². The van der Waals surface area contributed by atoms with Gasteiger partial charge in [-0.05, 0) is 49.8 Å². The smallest absolute Gasteiger partial charge is 0.266 e. The molecule has 1 heterocycles. The molecule has 0 atom stereocenters. The minimum atomic E-state index is -0.126. The molecule has 0 aromatic heterocycles. The number of carbonyl (C=O) groups excluding carboxylic acids is 1. The van der Waals surface area contributed by atoms with Crippen LogP contribution in [0.15, 0.2) is 88.0 Å². The molecule has 0 bridgehead atoms. The Morgan fingerprint density at radius 1 is 0.821 bits per heavy atom. The molecule has 0 saturated heterocycles. The second-order valence-electron chi connectivity index (χ2n) is 6.86. The number of nitrogens with zero attached hydrogens (tertiary/aromatic N) is 2. The standard InChI is InChI=1S/C24H19BrN2O/c1-16-3-7-18(8-4-16)15-22-24(28)27(21-13-11-20(25)12-14-21)23(26-22)19-9-5-17(2)6-10-19/h3-15H,1-2H3/b22-15+. The first-order chi connectivity index (χ1) is 13.5. The van der Waals surface area contributed by atoms with Crippen molar-refractivity contribution >= 4 is 39.4 Å². The molecule has 1 aliphatic heterocycles. The van der Waals surface area contributed by atoms with Crippen LogP contribution in [0.25, 0.3) is 6.08 Å². The third-order valence-corrected chi connectivity index (χ3v) is 5.16. The molecular formula is C24H19BrN2O. The lowest BCUT2D eigenvalue weighted by atomic mass is 10.1. The number of halogens is 1. The molecule has 0 unspecified atom stereocenters. The van der Waals surface area contributed by atoms with E-state index < -0.39 is 0 Å². The van der Waals surface area contributed by atoms with Crippen molar-refractivity contribution in [3.63, 3.8) is 0 Å². The van der Waals surface area contributed by atoms with E-state index in [2.05, 4.69) is 15.9 Å². The summed E-state index contributed by atoms with van der Waals surface area (Å²) in [7, 11) is 0. The van der Waals surface area contributed by atoms with Gasteiger partial charge in [-0.25, -0.2) is 4.99 Å². The number of anilines is 1. The molecule has 1 amide bonds. The Balaban J connectivity index is 1.81. The molecule has 0 spiro atoms. The zero-order chi connectivity index (χ0) is 19.7. The van der Waals surface area contributed by atoms with Crippen LogP contribution in [0.2, 0.25) is 0 Å². The summed E-state index contributed by atoms with van der Waals surface area (Å²) in [6, 6.07) is 23.8. The highest BCUT2D eigenvalue weighted by Gasteiger charge is 2.32. The highest BCUT2D eigenvalue weighted by molar-refractivity contribution is 9.10. The summed E-state index contributed by atoms with van der Waals surface area (Å²) in [6.07, 6.45) is 1.84. The summed E-state index contributed by atoms with van der Waals surface area (Å²) in [5, 5.41) is 0. The predicted molar refractivity (Wildman–Crippen MR) is 119 cm³/mol. The second kappa shape index (κ2) is 7.56. The molecular weight excluding hydrogens is 412 g/mol. The van der Waals surface area contributed by atoms with Crippen molar-refractivity contribution in [3.8, 4) is 0 Å². The predicted octanol–water partition coefficient (Wildman–Crippen LogP) is 5.90. The average Bonchev–Trinajstić information content (AvgIpc) is 3.01. The van der Waals surface area contributed by atoms with Crippen molar-refractivity contribution < 1.29 is 4.79 Å². The van der Waals surface area contributed by atoms with Crippen LogP contribution in [0.4, 0.5) is 5.69 Å². The molecule has 0 fully saturated rings. The van der Waals surface area contributed by atoms with Crippen LogP contribution < -0.4 is 4.90 Å². The number of benzene rings is 3. The van der Waals surface area contributed by atoms with Crippen LogP contribution in [0.3, 0.4) is 0 Å². The molecule has 1 aliphatic rings. The van der Waals surface area contributed by atoms with E-state index >= 15 is 0 Å². The van der Waals surface area contributed by atoms with E-state index in [1.165, 1.54) is 11.1 Å². The van der Waals surface area contributed by atoms with Gasteiger partial charge >= 0.3 is 0 Å². The van der Waals surface area contributed by atoms with E-state index in [0.717, 1.165) is 21.3 Å². The first-order valence-corrected chi connectivity index (χ1v) is 9.85. The zero-order valence-corrected chi connectivity index (χ0v) is 17.3. The van der Waals surface area contributed by atoms with Crippen LogP contribution in [-0.4, -0.2) is 11.7 Å². The molecule has 28 heavy (non-hydrogen) atoms. The van der Waals surface area contributed by atoms with E-state index in [-0.39, 0.29) is 5.91 Å². The molecule has 3 aromatic carbocycles. The molecule has 0 aliphatic carbocycles. The van der Waals surface area contributed by atoms with Crippen LogP contribution in [0.1, 0.15) is 22.3 Å². The van der Waals surface area contributed by atoms with Crippen molar-refractivity contribution in [2.24, 2.45) is 4.99 Å². The fourth-order valence-corrected chi connectivity index (χ4v) is 3.33. The summed E-state index contributed by atoms with van der Waals surface area (Å²) in [5.41, 5.74) is 5.44. The Morgan fingerprint density at radius 3 is 2.00 bits per heavy atom. The number of carbonyl (C=O) groups is 1. The van der Waals surface area contributed by atoms with Crippen LogP contribution in [0.5, 0.6) is 0 Å². The number of hydrogen-bond acceptors (Lipinski definition) is 2. The van der Waals surface area contributed by atoms with Crippen LogP contribution in [-0.2, 0) is 4.79 Å². The number of aryl methyl sites for hydroxylation is 2.